The molecule has 104 valence electrons. The van der Waals surface area contributed by atoms with Crippen LogP contribution in [0, 0.1) is 0 Å². The molecule has 0 aromatic heterocycles. The molecular weight excluding hydrogens is 284 g/mol. The average molecular weight is 301 g/mol. The summed E-state index contributed by atoms with van der Waals surface area (Å²) in [6.07, 6.45) is 0. The molecule has 0 aliphatic carbocycles. The number of ether oxygens (including phenoxy) is 1. The quantitative estimate of drug-likeness (QED) is 0.870. The van der Waals surface area contributed by atoms with Gasteiger partial charge in [-0.1, -0.05) is 18.2 Å². The zero-order chi connectivity index (χ0) is 13.9. The fraction of sp³-hybridized carbons (Fsp3) is 0.462. The summed E-state index contributed by atoms with van der Waals surface area (Å²) in [5.74, 6) is 2.05. The largest absolute Gasteiger partial charge is 0.492 e. The molecule has 1 aromatic carbocycles. The number of hydrogen-bond acceptors (Lipinski definition) is 3. The molecule has 1 atom stereocenters. The number of carbonyl (C=O) groups is 1. The lowest BCUT2D eigenvalue weighted by Crippen LogP contribution is -2.44. The summed E-state index contributed by atoms with van der Waals surface area (Å²) in [6.45, 7) is 3.09. The van der Waals surface area contributed by atoms with Gasteiger partial charge in [-0.15, -0.1) is 23.4 Å². The Kier molecular flexibility index (Phi) is 4.47. The third-order valence-electron chi connectivity index (χ3n) is 3.20. The molecule has 6 heteroatoms. The fourth-order valence-corrected chi connectivity index (χ4v) is 3.70. The number of primary amides is 1. The van der Waals surface area contributed by atoms with Gasteiger partial charge >= 0.3 is 6.03 Å². The van der Waals surface area contributed by atoms with Crippen LogP contribution in [0.4, 0.5) is 4.79 Å². The molecule has 0 radical (unpaired) electrons. The highest BCUT2D eigenvalue weighted by atomic mass is 35.5. The lowest BCUT2D eigenvalue weighted by atomic mass is 10.1. The number of nitrogens with zero attached hydrogens (tertiary/aromatic N) is 1. The van der Waals surface area contributed by atoms with Crippen LogP contribution in [0.15, 0.2) is 24.3 Å². The van der Waals surface area contributed by atoms with Crippen LogP contribution in [-0.4, -0.2) is 35.7 Å². The van der Waals surface area contributed by atoms with E-state index >= 15 is 0 Å². The minimum absolute atomic E-state index is 0.403. The lowest BCUT2D eigenvalue weighted by Gasteiger charge is -2.34. The van der Waals surface area contributed by atoms with E-state index in [0.29, 0.717) is 19.0 Å². The van der Waals surface area contributed by atoms with Crippen LogP contribution >= 0.6 is 23.4 Å². The number of benzene rings is 1. The number of hydrogen-bond donors (Lipinski definition) is 1. The minimum Gasteiger partial charge on any atom is -0.492 e. The Morgan fingerprint density at radius 2 is 2.32 bits per heavy atom. The highest BCUT2D eigenvalue weighted by molar-refractivity contribution is 8.00. The Morgan fingerprint density at radius 1 is 1.58 bits per heavy atom. The van der Waals surface area contributed by atoms with Crippen molar-refractivity contribution < 1.29 is 9.53 Å². The Morgan fingerprint density at radius 3 is 3.00 bits per heavy atom. The topological polar surface area (TPSA) is 55.6 Å². The molecule has 2 N–H and O–H groups in total. The van der Waals surface area contributed by atoms with Crippen molar-refractivity contribution in [1.29, 1.82) is 0 Å². The Hall–Kier alpha value is -1.07. The maximum absolute atomic E-state index is 11.6. The summed E-state index contributed by atoms with van der Waals surface area (Å²) >= 11 is 7.36. The number of halogens is 1. The van der Waals surface area contributed by atoms with Gasteiger partial charge in [0.25, 0.3) is 0 Å². The van der Waals surface area contributed by atoms with Gasteiger partial charge in [-0.25, -0.2) is 4.79 Å². The smallest absolute Gasteiger partial charge is 0.316 e. The summed E-state index contributed by atoms with van der Waals surface area (Å²) in [5.41, 5.74) is 6.43. The Bertz CT molecular complexity index is 472. The third-order valence-corrected chi connectivity index (χ3v) is 4.74. The van der Waals surface area contributed by atoms with Crippen molar-refractivity contribution in [3.8, 4) is 5.75 Å². The van der Waals surface area contributed by atoms with E-state index in [9.17, 15) is 4.79 Å². The van der Waals surface area contributed by atoms with Gasteiger partial charge in [0.1, 0.15) is 17.2 Å². The van der Waals surface area contributed by atoms with Gasteiger partial charge in [0.2, 0.25) is 0 Å². The average Bonchev–Trinajstić information content (AvgIpc) is 2.80. The number of para-hydroxylation sites is 1. The molecule has 1 unspecified atom stereocenters. The number of alkyl halides is 1. The van der Waals surface area contributed by atoms with Crippen molar-refractivity contribution in [2.45, 2.75) is 11.8 Å². The van der Waals surface area contributed by atoms with Gasteiger partial charge in [0, 0.05) is 17.9 Å². The summed E-state index contributed by atoms with van der Waals surface area (Å²) in [5, 5.41) is 0. The first-order chi connectivity index (χ1) is 9.09. The first-order valence-corrected chi connectivity index (χ1v) is 7.61. The molecule has 0 spiro atoms. The molecule has 1 saturated heterocycles. The molecule has 0 saturated carbocycles. The summed E-state index contributed by atoms with van der Waals surface area (Å²) in [4.78, 5) is 12.8. The highest BCUT2D eigenvalue weighted by Gasteiger charge is 2.42. The number of thioether (sulfide) groups is 1. The van der Waals surface area contributed by atoms with Crippen molar-refractivity contribution in [1.82, 2.24) is 4.90 Å². The van der Waals surface area contributed by atoms with E-state index in [2.05, 4.69) is 0 Å². The van der Waals surface area contributed by atoms with Crippen LogP contribution in [0.25, 0.3) is 0 Å². The van der Waals surface area contributed by atoms with Crippen LogP contribution < -0.4 is 10.5 Å². The van der Waals surface area contributed by atoms with E-state index in [-0.39, 0.29) is 0 Å². The van der Waals surface area contributed by atoms with Crippen LogP contribution in [0.1, 0.15) is 12.5 Å². The summed E-state index contributed by atoms with van der Waals surface area (Å²) < 4.78 is 5.67. The second-order valence-electron chi connectivity index (χ2n) is 4.35. The number of amides is 2. The molecule has 4 nitrogen and oxygen atoms in total. The summed E-state index contributed by atoms with van der Waals surface area (Å²) in [6, 6.07) is 7.31. The first kappa shape index (κ1) is 14.3. The van der Waals surface area contributed by atoms with Gasteiger partial charge in [-0.2, -0.15) is 0 Å². The van der Waals surface area contributed by atoms with Crippen LogP contribution in [0.5, 0.6) is 5.75 Å². The predicted octanol–water partition coefficient (Wildman–Crippen LogP) is 2.60. The summed E-state index contributed by atoms with van der Waals surface area (Å²) in [7, 11) is 0. The predicted molar refractivity (Wildman–Crippen MR) is 78.8 cm³/mol. The number of carbonyl (C=O) groups excluding carboxylic acids is 1. The van der Waals surface area contributed by atoms with E-state index in [1.165, 1.54) is 0 Å². The second kappa shape index (κ2) is 5.92. The SMILES string of the molecule is CC1(c2ccccc2OCCCl)SCCN1C(N)=O. The molecule has 19 heavy (non-hydrogen) atoms. The highest BCUT2D eigenvalue weighted by Crippen LogP contribution is 2.47. The lowest BCUT2D eigenvalue weighted by molar-refractivity contribution is 0.186. The molecule has 2 rings (SSSR count). The van der Waals surface area contributed by atoms with Crippen molar-refractivity contribution in [2.24, 2.45) is 5.73 Å². The van der Waals surface area contributed by atoms with Crippen LogP contribution in [-0.2, 0) is 4.87 Å². The van der Waals surface area contributed by atoms with Gasteiger partial charge in [-0.3, -0.25) is 0 Å². The second-order valence-corrected chi connectivity index (χ2v) is 6.22. The zero-order valence-electron chi connectivity index (χ0n) is 10.8. The molecule has 1 aromatic rings. The Balaban J connectivity index is 2.36. The maximum Gasteiger partial charge on any atom is 0.316 e. The molecule has 1 fully saturated rings. The van der Waals surface area contributed by atoms with E-state index < -0.39 is 10.9 Å². The maximum atomic E-state index is 11.6. The molecule has 1 heterocycles. The van der Waals surface area contributed by atoms with Crippen molar-refractivity contribution in [3.05, 3.63) is 29.8 Å². The monoisotopic (exact) mass is 300 g/mol. The molecule has 2 amide bonds. The van der Waals surface area contributed by atoms with E-state index in [1.807, 2.05) is 31.2 Å². The van der Waals surface area contributed by atoms with Crippen molar-refractivity contribution in [3.63, 3.8) is 0 Å². The number of rotatable bonds is 4. The van der Waals surface area contributed by atoms with Gasteiger partial charge in [0.05, 0.1) is 5.88 Å². The number of urea groups is 1. The molecule has 1 aliphatic heterocycles. The van der Waals surface area contributed by atoms with E-state index in [1.54, 1.807) is 16.7 Å². The van der Waals surface area contributed by atoms with Gasteiger partial charge in [-0.05, 0) is 13.0 Å². The minimum atomic E-state index is -0.477. The fourth-order valence-electron chi connectivity index (χ4n) is 2.29. The normalized spacial score (nSPS) is 22.5. The molecular formula is C13H17ClN2O2S. The Labute approximate surface area is 122 Å². The zero-order valence-corrected chi connectivity index (χ0v) is 12.3. The standard InChI is InChI=1S/C13H17ClN2O2S/c1-13(16(12(15)17)7-9-19-13)10-4-2-3-5-11(10)18-8-6-14/h2-5H,6-9H2,1H3,(H2,15,17). The van der Waals surface area contributed by atoms with E-state index in [4.69, 9.17) is 22.1 Å². The van der Waals surface area contributed by atoms with Gasteiger partial charge in [0.15, 0.2) is 0 Å². The van der Waals surface area contributed by atoms with Crippen molar-refractivity contribution in [2.75, 3.05) is 24.8 Å². The first-order valence-electron chi connectivity index (χ1n) is 6.09. The van der Waals surface area contributed by atoms with E-state index in [0.717, 1.165) is 17.1 Å². The van der Waals surface area contributed by atoms with Crippen LogP contribution in [0.2, 0.25) is 0 Å². The molecule has 0 bridgehead atoms. The van der Waals surface area contributed by atoms with Crippen LogP contribution in [0.3, 0.4) is 0 Å². The number of nitrogens with two attached hydrogens (primary N) is 1. The van der Waals surface area contributed by atoms with Crippen molar-refractivity contribution >= 4 is 29.4 Å². The van der Waals surface area contributed by atoms with Gasteiger partial charge < -0.3 is 15.4 Å². The molecule has 1 aliphatic rings. The third kappa shape index (κ3) is 2.77.